The number of rotatable bonds is 3. The van der Waals surface area contributed by atoms with Crippen LogP contribution >= 0.6 is 27.5 Å². The van der Waals surface area contributed by atoms with E-state index in [-0.39, 0.29) is 23.4 Å². The van der Waals surface area contributed by atoms with Crippen LogP contribution in [0.25, 0.3) is 0 Å². The summed E-state index contributed by atoms with van der Waals surface area (Å²) in [6.07, 6.45) is 1.38. The highest BCUT2D eigenvalue weighted by atomic mass is 79.9. The van der Waals surface area contributed by atoms with Crippen LogP contribution in [-0.2, 0) is 4.79 Å². The zero-order chi connectivity index (χ0) is 18.7. The molecule has 1 saturated heterocycles. The topological polar surface area (TPSA) is 49.4 Å². The first-order valence-corrected chi connectivity index (χ1v) is 9.42. The van der Waals surface area contributed by atoms with E-state index in [0.717, 1.165) is 6.42 Å². The number of hydrogen-bond acceptors (Lipinski definition) is 2. The summed E-state index contributed by atoms with van der Waals surface area (Å²) < 4.78 is 14.5. The fourth-order valence-corrected chi connectivity index (χ4v) is 3.44. The zero-order valence-corrected chi connectivity index (χ0v) is 16.2. The van der Waals surface area contributed by atoms with Crippen molar-refractivity contribution in [2.45, 2.75) is 12.8 Å². The van der Waals surface area contributed by atoms with Gasteiger partial charge in [0.1, 0.15) is 5.82 Å². The molecule has 1 aliphatic heterocycles. The summed E-state index contributed by atoms with van der Waals surface area (Å²) in [6.45, 7) is 0.906. The van der Waals surface area contributed by atoms with Gasteiger partial charge in [-0.15, -0.1) is 0 Å². The number of carbonyl (C=O) groups excluding carboxylic acids is 2. The number of benzene rings is 2. The maximum Gasteiger partial charge on any atom is 0.253 e. The Bertz CT molecular complexity index is 829. The molecule has 136 valence electrons. The molecule has 1 fully saturated rings. The molecule has 0 radical (unpaired) electrons. The van der Waals surface area contributed by atoms with E-state index in [9.17, 15) is 14.0 Å². The van der Waals surface area contributed by atoms with Crippen LogP contribution in [0.5, 0.6) is 0 Å². The summed E-state index contributed by atoms with van der Waals surface area (Å²) in [5.74, 6) is -1.28. The van der Waals surface area contributed by atoms with Gasteiger partial charge in [0.15, 0.2) is 0 Å². The molecule has 0 aliphatic carbocycles. The van der Waals surface area contributed by atoms with E-state index in [2.05, 4.69) is 21.2 Å². The Kier molecular flexibility index (Phi) is 5.94. The van der Waals surface area contributed by atoms with Crippen molar-refractivity contribution in [1.29, 1.82) is 0 Å². The Morgan fingerprint density at radius 2 is 1.92 bits per heavy atom. The lowest BCUT2D eigenvalue weighted by Crippen LogP contribution is -2.43. The molecule has 1 atom stereocenters. The van der Waals surface area contributed by atoms with Crippen molar-refractivity contribution in [3.63, 3.8) is 0 Å². The molecule has 2 aromatic rings. The van der Waals surface area contributed by atoms with Crippen LogP contribution in [0.4, 0.5) is 10.1 Å². The molecule has 3 rings (SSSR count). The SMILES string of the molecule is O=C(Nc1ccc(Br)cc1F)C1CCCN(C(=O)c2ccc(Cl)cc2)C1. The van der Waals surface area contributed by atoms with Crippen molar-refractivity contribution in [2.24, 2.45) is 5.92 Å². The van der Waals surface area contributed by atoms with Crippen molar-refractivity contribution in [1.82, 2.24) is 4.90 Å². The average molecular weight is 440 g/mol. The highest BCUT2D eigenvalue weighted by Gasteiger charge is 2.29. The summed E-state index contributed by atoms with van der Waals surface area (Å²) in [5.41, 5.74) is 0.675. The fourth-order valence-electron chi connectivity index (χ4n) is 2.98. The van der Waals surface area contributed by atoms with Crippen LogP contribution in [0.1, 0.15) is 23.2 Å². The Balaban J connectivity index is 1.66. The summed E-state index contributed by atoms with van der Waals surface area (Å²) in [7, 11) is 0. The third-order valence-corrected chi connectivity index (χ3v) is 5.10. The normalized spacial score (nSPS) is 17.0. The van der Waals surface area contributed by atoms with Gasteiger partial charge in [0.2, 0.25) is 5.91 Å². The third-order valence-electron chi connectivity index (χ3n) is 4.36. The summed E-state index contributed by atoms with van der Waals surface area (Å²) >= 11 is 9.04. The molecule has 0 saturated carbocycles. The van der Waals surface area contributed by atoms with Crippen LogP contribution in [-0.4, -0.2) is 29.8 Å². The first kappa shape index (κ1) is 18.9. The molecular weight excluding hydrogens is 423 g/mol. The second-order valence-corrected chi connectivity index (χ2v) is 7.56. The molecule has 2 amide bonds. The first-order chi connectivity index (χ1) is 12.4. The predicted molar refractivity (Wildman–Crippen MR) is 103 cm³/mol. The van der Waals surface area contributed by atoms with E-state index < -0.39 is 5.82 Å². The minimum absolute atomic E-state index is 0.131. The first-order valence-electron chi connectivity index (χ1n) is 8.25. The summed E-state index contributed by atoms with van der Waals surface area (Å²) in [4.78, 5) is 26.8. The van der Waals surface area contributed by atoms with Gasteiger partial charge in [-0.1, -0.05) is 27.5 Å². The van der Waals surface area contributed by atoms with Gasteiger partial charge in [-0.2, -0.15) is 0 Å². The molecule has 26 heavy (non-hydrogen) atoms. The van der Waals surface area contributed by atoms with Crippen LogP contribution in [0, 0.1) is 11.7 Å². The molecule has 1 aliphatic rings. The number of likely N-dealkylation sites (tertiary alicyclic amines) is 1. The Morgan fingerprint density at radius 3 is 2.62 bits per heavy atom. The molecule has 1 unspecified atom stereocenters. The van der Waals surface area contributed by atoms with Gasteiger partial charge >= 0.3 is 0 Å². The van der Waals surface area contributed by atoms with E-state index in [0.29, 0.717) is 34.6 Å². The van der Waals surface area contributed by atoms with Crippen LogP contribution in [0.3, 0.4) is 0 Å². The van der Waals surface area contributed by atoms with Gasteiger partial charge in [0.05, 0.1) is 11.6 Å². The van der Waals surface area contributed by atoms with Gasteiger partial charge in [-0.25, -0.2) is 4.39 Å². The second-order valence-electron chi connectivity index (χ2n) is 6.21. The highest BCUT2D eigenvalue weighted by Crippen LogP contribution is 2.23. The summed E-state index contributed by atoms with van der Waals surface area (Å²) in [6, 6.07) is 11.1. The number of anilines is 1. The van der Waals surface area contributed by atoms with E-state index in [4.69, 9.17) is 11.6 Å². The van der Waals surface area contributed by atoms with E-state index in [1.807, 2.05) is 0 Å². The predicted octanol–water partition coefficient (Wildman–Crippen LogP) is 4.73. The van der Waals surface area contributed by atoms with Gasteiger partial charge in [-0.05, 0) is 55.3 Å². The van der Waals surface area contributed by atoms with E-state index in [1.165, 1.54) is 12.1 Å². The molecule has 0 bridgehead atoms. The van der Waals surface area contributed by atoms with Gasteiger partial charge in [0, 0.05) is 28.1 Å². The van der Waals surface area contributed by atoms with Crippen molar-refractivity contribution >= 4 is 45.0 Å². The van der Waals surface area contributed by atoms with E-state index >= 15 is 0 Å². The second kappa shape index (κ2) is 8.18. The van der Waals surface area contributed by atoms with Crippen molar-refractivity contribution in [3.8, 4) is 0 Å². The van der Waals surface area contributed by atoms with Gasteiger partial charge in [0.25, 0.3) is 5.91 Å². The number of nitrogens with one attached hydrogen (secondary N) is 1. The quantitative estimate of drug-likeness (QED) is 0.751. The highest BCUT2D eigenvalue weighted by molar-refractivity contribution is 9.10. The lowest BCUT2D eigenvalue weighted by molar-refractivity contribution is -0.121. The molecule has 0 spiro atoms. The zero-order valence-electron chi connectivity index (χ0n) is 13.8. The Hall–Kier alpha value is -1.92. The average Bonchev–Trinajstić information content (AvgIpc) is 2.64. The van der Waals surface area contributed by atoms with Crippen LogP contribution < -0.4 is 5.32 Å². The van der Waals surface area contributed by atoms with Crippen molar-refractivity contribution < 1.29 is 14.0 Å². The molecule has 1 heterocycles. The fraction of sp³-hybridized carbons (Fsp3) is 0.263. The molecule has 4 nitrogen and oxygen atoms in total. The van der Waals surface area contributed by atoms with Gasteiger partial charge in [-0.3, -0.25) is 9.59 Å². The maximum absolute atomic E-state index is 13.9. The Morgan fingerprint density at radius 1 is 1.19 bits per heavy atom. The minimum Gasteiger partial charge on any atom is -0.338 e. The molecular formula is C19H17BrClFN2O2. The number of hydrogen-bond donors (Lipinski definition) is 1. The van der Waals surface area contributed by atoms with E-state index in [1.54, 1.807) is 35.2 Å². The van der Waals surface area contributed by atoms with Crippen LogP contribution in [0.15, 0.2) is 46.9 Å². The lowest BCUT2D eigenvalue weighted by Gasteiger charge is -2.32. The Labute approximate surface area is 164 Å². The third kappa shape index (κ3) is 4.43. The molecule has 0 aromatic heterocycles. The number of nitrogens with zero attached hydrogens (tertiary/aromatic N) is 1. The standard InChI is InChI=1S/C19H17BrClFN2O2/c20-14-5-8-17(16(22)10-14)23-18(25)13-2-1-9-24(11-13)19(26)12-3-6-15(21)7-4-12/h3-8,10,13H,1-2,9,11H2,(H,23,25). The summed E-state index contributed by atoms with van der Waals surface area (Å²) in [5, 5.41) is 3.19. The molecule has 7 heteroatoms. The van der Waals surface area contributed by atoms with Crippen molar-refractivity contribution in [2.75, 3.05) is 18.4 Å². The van der Waals surface area contributed by atoms with Crippen molar-refractivity contribution in [3.05, 3.63) is 63.3 Å². The number of piperidine rings is 1. The maximum atomic E-state index is 13.9. The monoisotopic (exact) mass is 438 g/mol. The molecule has 1 N–H and O–H groups in total. The molecule has 2 aromatic carbocycles. The van der Waals surface area contributed by atoms with Gasteiger partial charge < -0.3 is 10.2 Å². The van der Waals surface area contributed by atoms with Crippen LogP contribution in [0.2, 0.25) is 5.02 Å². The number of carbonyl (C=O) groups is 2. The smallest absolute Gasteiger partial charge is 0.253 e. The lowest BCUT2D eigenvalue weighted by atomic mass is 9.96. The number of halogens is 3. The minimum atomic E-state index is -0.502. The largest absolute Gasteiger partial charge is 0.338 e. The number of amides is 2.